The van der Waals surface area contributed by atoms with Crippen LogP contribution >= 0.6 is 0 Å². The van der Waals surface area contributed by atoms with Crippen LogP contribution in [0.4, 0.5) is 5.95 Å². The molecule has 0 aliphatic carbocycles. The lowest BCUT2D eigenvalue weighted by Crippen LogP contribution is -2.40. The Morgan fingerprint density at radius 3 is 2.57 bits per heavy atom. The Labute approximate surface area is 211 Å². The molecule has 1 amide bonds. The third kappa shape index (κ3) is 4.15. The number of nitrogens with zero attached hydrogens (tertiary/aromatic N) is 7. The van der Waals surface area contributed by atoms with Gasteiger partial charge in [-0.2, -0.15) is 4.98 Å². The van der Waals surface area contributed by atoms with E-state index in [2.05, 4.69) is 15.2 Å². The summed E-state index contributed by atoms with van der Waals surface area (Å²) < 4.78 is 15.4. The summed E-state index contributed by atoms with van der Waals surface area (Å²) in [6.45, 7) is 3.03. The molecule has 0 saturated carbocycles. The van der Waals surface area contributed by atoms with Crippen molar-refractivity contribution < 1.29 is 13.9 Å². The van der Waals surface area contributed by atoms with Crippen LogP contribution in [0.2, 0.25) is 0 Å². The van der Waals surface area contributed by atoms with Crippen molar-refractivity contribution in [2.45, 2.75) is 26.3 Å². The molecule has 4 heterocycles. The summed E-state index contributed by atoms with van der Waals surface area (Å²) in [6, 6.07) is 5.58. The number of amides is 1. The topological polar surface area (TPSA) is 156 Å². The monoisotopic (exact) mass is 508 g/mol. The largest absolute Gasteiger partial charge is 0.496 e. The van der Waals surface area contributed by atoms with E-state index in [4.69, 9.17) is 14.9 Å². The summed E-state index contributed by atoms with van der Waals surface area (Å²) in [7, 11) is 4.59. The molecule has 37 heavy (non-hydrogen) atoms. The first-order chi connectivity index (χ1) is 17.7. The smallest absolute Gasteiger partial charge is 0.332 e. The second-order valence-corrected chi connectivity index (χ2v) is 9.22. The number of ether oxygens (including phenoxy) is 1. The first-order valence-corrected chi connectivity index (χ1v) is 11.9. The normalized spacial score (nSPS) is 14.4. The van der Waals surface area contributed by atoms with Gasteiger partial charge in [0, 0.05) is 38.7 Å². The Balaban J connectivity index is 1.58. The minimum absolute atomic E-state index is 0.0605. The highest BCUT2D eigenvalue weighted by Gasteiger charge is 2.29. The van der Waals surface area contributed by atoms with Crippen molar-refractivity contribution >= 4 is 23.0 Å². The maximum atomic E-state index is 13.2. The van der Waals surface area contributed by atoms with E-state index < -0.39 is 11.2 Å². The van der Waals surface area contributed by atoms with Crippen LogP contribution in [-0.2, 0) is 25.4 Å². The quantitative estimate of drug-likeness (QED) is 0.393. The van der Waals surface area contributed by atoms with Crippen LogP contribution in [-0.4, -0.2) is 55.0 Å². The number of aryl methyl sites for hydroxylation is 2. The van der Waals surface area contributed by atoms with E-state index >= 15 is 0 Å². The fourth-order valence-corrected chi connectivity index (χ4v) is 4.71. The number of carbonyl (C=O) groups is 1. The second kappa shape index (κ2) is 9.22. The van der Waals surface area contributed by atoms with Crippen LogP contribution in [0.15, 0.2) is 32.2 Å². The predicted molar refractivity (Wildman–Crippen MR) is 134 cm³/mol. The van der Waals surface area contributed by atoms with Crippen LogP contribution in [0.1, 0.15) is 24.3 Å². The summed E-state index contributed by atoms with van der Waals surface area (Å²) in [4.78, 5) is 44.1. The van der Waals surface area contributed by atoms with E-state index in [1.54, 1.807) is 18.7 Å². The standard InChI is InChI=1S/C24H28N8O5/c1-13-5-6-15(11-16(13)36-4)21-28-27-17(37-21)12-32-18-20(29(2)24(35)30(3)22(18)34)26-23(32)31-9-7-14(8-10-31)19(25)33/h5-6,11,14H,7-10,12H2,1-4H3,(H2,25,33). The van der Waals surface area contributed by atoms with Gasteiger partial charge < -0.3 is 19.8 Å². The molecule has 1 fully saturated rings. The molecule has 1 aliphatic heterocycles. The Bertz CT molecular complexity index is 1620. The third-order valence-corrected chi connectivity index (χ3v) is 6.92. The van der Waals surface area contributed by atoms with E-state index in [1.807, 2.05) is 30.0 Å². The maximum Gasteiger partial charge on any atom is 0.332 e. The zero-order chi connectivity index (χ0) is 26.4. The van der Waals surface area contributed by atoms with E-state index in [-0.39, 0.29) is 35.4 Å². The highest BCUT2D eigenvalue weighted by molar-refractivity contribution is 5.77. The number of fused-ring (bicyclic) bond motifs is 1. The number of carbonyl (C=O) groups excluding carboxylic acids is 1. The molecule has 0 atom stereocenters. The summed E-state index contributed by atoms with van der Waals surface area (Å²) in [6.07, 6.45) is 1.13. The van der Waals surface area contributed by atoms with Gasteiger partial charge in [-0.15, -0.1) is 10.2 Å². The van der Waals surface area contributed by atoms with Crippen LogP contribution in [0.3, 0.4) is 0 Å². The molecule has 0 bridgehead atoms. The highest BCUT2D eigenvalue weighted by atomic mass is 16.5. The van der Waals surface area contributed by atoms with Crippen molar-refractivity contribution in [2.75, 3.05) is 25.1 Å². The zero-order valence-electron chi connectivity index (χ0n) is 21.1. The minimum Gasteiger partial charge on any atom is -0.496 e. The summed E-state index contributed by atoms with van der Waals surface area (Å²) >= 11 is 0. The van der Waals surface area contributed by atoms with Crippen molar-refractivity contribution in [3.05, 3.63) is 50.5 Å². The number of hydrogen-bond acceptors (Lipinski definition) is 9. The minimum atomic E-state index is -0.480. The average molecular weight is 509 g/mol. The predicted octanol–water partition coefficient (Wildman–Crippen LogP) is 0.551. The SMILES string of the molecule is COc1cc(-c2nnc(Cn3c(N4CCC(C(N)=O)CC4)nc4c3c(=O)n(C)c(=O)n4C)o2)ccc1C. The van der Waals surface area contributed by atoms with Gasteiger partial charge >= 0.3 is 5.69 Å². The van der Waals surface area contributed by atoms with Gasteiger partial charge in [-0.25, -0.2) is 4.79 Å². The Hall–Kier alpha value is -4.42. The number of methoxy groups -OCH3 is 1. The molecule has 2 N–H and O–H groups in total. The molecule has 13 nitrogen and oxygen atoms in total. The van der Waals surface area contributed by atoms with E-state index in [0.717, 1.165) is 10.1 Å². The number of hydrogen-bond donors (Lipinski definition) is 1. The number of imidazole rings is 1. The van der Waals surface area contributed by atoms with Gasteiger partial charge in [0.25, 0.3) is 5.56 Å². The first kappa shape index (κ1) is 24.3. The molecular weight excluding hydrogens is 480 g/mol. The number of aromatic nitrogens is 6. The van der Waals surface area contributed by atoms with E-state index in [9.17, 15) is 14.4 Å². The van der Waals surface area contributed by atoms with Crippen LogP contribution < -0.4 is 26.6 Å². The van der Waals surface area contributed by atoms with Gasteiger partial charge in [-0.3, -0.25) is 23.3 Å². The molecule has 0 unspecified atom stereocenters. The fraction of sp³-hybridized carbons (Fsp3) is 0.417. The van der Waals surface area contributed by atoms with Crippen molar-refractivity contribution in [3.8, 4) is 17.2 Å². The maximum absolute atomic E-state index is 13.2. The van der Waals surface area contributed by atoms with Gasteiger partial charge in [0.05, 0.1) is 7.11 Å². The number of primary amides is 1. The number of nitrogens with two attached hydrogens (primary N) is 1. The van der Waals surface area contributed by atoms with Crippen LogP contribution in [0.25, 0.3) is 22.6 Å². The van der Waals surface area contributed by atoms with Crippen molar-refractivity contribution in [3.63, 3.8) is 0 Å². The number of rotatable bonds is 6. The summed E-state index contributed by atoms with van der Waals surface area (Å²) in [5, 5.41) is 8.39. The number of piperidine rings is 1. The second-order valence-electron chi connectivity index (χ2n) is 9.22. The molecule has 4 aromatic rings. The molecule has 5 rings (SSSR count). The van der Waals surface area contributed by atoms with Gasteiger partial charge in [-0.05, 0) is 37.5 Å². The van der Waals surface area contributed by atoms with Crippen molar-refractivity contribution in [2.24, 2.45) is 25.7 Å². The Morgan fingerprint density at radius 2 is 1.89 bits per heavy atom. The molecule has 3 aromatic heterocycles. The molecule has 0 spiro atoms. The molecular formula is C24H28N8O5. The lowest BCUT2D eigenvalue weighted by atomic mass is 9.96. The fourth-order valence-electron chi connectivity index (χ4n) is 4.71. The van der Waals surface area contributed by atoms with Gasteiger partial charge in [-0.1, -0.05) is 6.07 Å². The summed E-state index contributed by atoms with van der Waals surface area (Å²) in [5.41, 5.74) is 6.71. The third-order valence-electron chi connectivity index (χ3n) is 6.92. The number of anilines is 1. The van der Waals surface area contributed by atoms with Gasteiger partial charge in [0.2, 0.25) is 23.6 Å². The Kier molecular flexibility index (Phi) is 6.05. The average Bonchev–Trinajstić information content (AvgIpc) is 3.52. The highest BCUT2D eigenvalue weighted by Crippen LogP contribution is 2.28. The molecule has 13 heteroatoms. The summed E-state index contributed by atoms with van der Waals surface area (Å²) in [5.74, 6) is 1.21. The number of benzene rings is 1. The first-order valence-electron chi connectivity index (χ1n) is 11.9. The van der Waals surface area contributed by atoms with Crippen molar-refractivity contribution in [1.29, 1.82) is 0 Å². The molecule has 1 saturated heterocycles. The van der Waals surface area contributed by atoms with Crippen molar-refractivity contribution in [1.82, 2.24) is 28.9 Å². The van der Waals surface area contributed by atoms with E-state index in [1.165, 1.54) is 11.6 Å². The zero-order valence-corrected chi connectivity index (χ0v) is 21.1. The molecule has 194 valence electrons. The van der Waals surface area contributed by atoms with Gasteiger partial charge in [0.15, 0.2) is 11.2 Å². The molecule has 0 radical (unpaired) electrons. The lowest BCUT2D eigenvalue weighted by Gasteiger charge is -2.31. The molecule has 1 aliphatic rings. The van der Waals surface area contributed by atoms with Crippen LogP contribution in [0, 0.1) is 12.8 Å². The molecule has 1 aromatic carbocycles. The Morgan fingerprint density at radius 1 is 1.16 bits per heavy atom. The van der Waals surface area contributed by atoms with Crippen LogP contribution in [0.5, 0.6) is 5.75 Å². The van der Waals surface area contributed by atoms with Gasteiger partial charge in [0.1, 0.15) is 12.3 Å². The lowest BCUT2D eigenvalue weighted by molar-refractivity contribution is -0.122. The van der Waals surface area contributed by atoms with E-state index in [0.29, 0.717) is 49.1 Å².